The summed E-state index contributed by atoms with van der Waals surface area (Å²) in [6.45, 7) is 3.36. The number of halogens is 4. The topological polar surface area (TPSA) is 41.1 Å². The number of amides is 1. The molecule has 1 aromatic carbocycles. The number of anilines is 1. The van der Waals surface area contributed by atoms with E-state index < -0.39 is 18.5 Å². The predicted octanol–water partition coefficient (Wildman–Crippen LogP) is 3.11. The molecule has 2 N–H and O–H groups in total. The largest absolute Gasteiger partial charge is 0.397 e. The summed E-state index contributed by atoms with van der Waals surface area (Å²) in [5.74, 6) is -1.05. The second-order valence-corrected chi connectivity index (χ2v) is 3.82. The summed E-state index contributed by atoms with van der Waals surface area (Å²) < 4.78 is 36.0. The minimum absolute atomic E-state index is 0. The van der Waals surface area contributed by atoms with E-state index in [2.05, 4.69) is 10.6 Å². The van der Waals surface area contributed by atoms with E-state index in [4.69, 9.17) is 0 Å². The Bertz CT molecular complexity index is 410. The first-order chi connectivity index (χ1) is 8.40. The van der Waals surface area contributed by atoms with Gasteiger partial charge >= 0.3 is 6.18 Å². The first-order valence-corrected chi connectivity index (χ1v) is 5.57. The number of rotatable bonds is 5. The van der Waals surface area contributed by atoms with Crippen LogP contribution in [0.2, 0.25) is 0 Å². The fraction of sp³-hybridized carbons (Fsp3) is 0.417. The van der Waals surface area contributed by atoms with Crippen molar-refractivity contribution in [3.05, 3.63) is 29.8 Å². The van der Waals surface area contributed by atoms with Gasteiger partial charge in [-0.2, -0.15) is 13.2 Å². The van der Waals surface area contributed by atoms with Gasteiger partial charge in [-0.25, -0.2) is 0 Å². The highest BCUT2D eigenvalue weighted by Crippen LogP contribution is 2.20. The molecule has 0 saturated carbocycles. The minimum Gasteiger partial charge on any atom is -0.326 e. The van der Waals surface area contributed by atoms with Crippen LogP contribution in [-0.2, 0) is 11.3 Å². The van der Waals surface area contributed by atoms with Crippen LogP contribution in [0.3, 0.4) is 0 Å². The predicted molar refractivity (Wildman–Crippen MR) is 70.4 cm³/mol. The molecule has 0 aliphatic heterocycles. The third kappa shape index (κ3) is 7.69. The van der Waals surface area contributed by atoms with Gasteiger partial charge in [-0.3, -0.25) is 4.79 Å². The molecule has 7 heteroatoms. The van der Waals surface area contributed by atoms with Crippen LogP contribution in [0, 0.1) is 0 Å². The summed E-state index contributed by atoms with van der Waals surface area (Å²) in [7, 11) is 0. The van der Waals surface area contributed by atoms with Crippen LogP contribution >= 0.6 is 12.4 Å². The second kappa shape index (κ2) is 8.01. The second-order valence-electron chi connectivity index (χ2n) is 3.82. The van der Waals surface area contributed by atoms with E-state index in [1.807, 2.05) is 13.0 Å². The van der Waals surface area contributed by atoms with Crippen molar-refractivity contribution in [2.45, 2.75) is 26.1 Å². The van der Waals surface area contributed by atoms with Crippen LogP contribution in [0.25, 0.3) is 0 Å². The highest BCUT2D eigenvalue weighted by atomic mass is 35.5. The average Bonchev–Trinajstić information content (AvgIpc) is 2.24. The quantitative estimate of drug-likeness (QED) is 0.876. The van der Waals surface area contributed by atoms with Crippen molar-refractivity contribution in [3.8, 4) is 0 Å². The molecule has 0 aliphatic carbocycles. The Balaban J connectivity index is 0.00000324. The Morgan fingerprint density at radius 3 is 2.58 bits per heavy atom. The van der Waals surface area contributed by atoms with Gasteiger partial charge in [0.1, 0.15) is 6.42 Å². The maximum atomic E-state index is 12.0. The average molecular weight is 297 g/mol. The van der Waals surface area contributed by atoms with Crippen LogP contribution in [0.15, 0.2) is 24.3 Å². The van der Waals surface area contributed by atoms with Crippen molar-refractivity contribution >= 4 is 24.0 Å². The smallest absolute Gasteiger partial charge is 0.326 e. The summed E-state index contributed by atoms with van der Waals surface area (Å²) in [5, 5.41) is 5.32. The van der Waals surface area contributed by atoms with E-state index in [0.29, 0.717) is 12.2 Å². The van der Waals surface area contributed by atoms with Crippen molar-refractivity contribution in [2.75, 3.05) is 11.9 Å². The molecule has 0 aromatic heterocycles. The highest BCUT2D eigenvalue weighted by molar-refractivity contribution is 5.91. The van der Waals surface area contributed by atoms with Crippen LogP contribution in [0.5, 0.6) is 0 Å². The fourth-order valence-corrected chi connectivity index (χ4v) is 1.42. The lowest BCUT2D eigenvalue weighted by Crippen LogP contribution is -2.21. The number of hydrogen-bond acceptors (Lipinski definition) is 2. The molecule has 0 bridgehead atoms. The monoisotopic (exact) mass is 296 g/mol. The standard InChI is InChI=1S/C12H15F3N2O.ClH/c1-2-16-8-9-4-3-5-10(6-9)17-11(18)7-12(13,14)15;/h3-6,16H,2,7-8H2,1H3,(H,17,18);1H. The molecular weight excluding hydrogens is 281 g/mol. The van der Waals surface area contributed by atoms with Gasteiger partial charge in [0.25, 0.3) is 0 Å². The van der Waals surface area contributed by atoms with Crippen molar-refractivity contribution in [2.24, 2.45) is 0 Å². The molecule has 0 radical (unpaired) electrons. The molecule has 3 nitrogen and oxygen atoms in total. The van der Waals surface area contributed by atoms with Gasteiger partial charge < -0.3 is 10.6 Å². The maximum absolute atomic E-state index is 12.0. The van der Waals surface area contributed by atoms with Gasteiger partial charge in [-0.1, -0.05) is 19.1 Å². The van der Waals surface area contributed by atoms with E-state index in [1.165, 1.54) is 0 Å². The van der Waals surface area contributed by atoms with E-state index >= 15 is 0 Å². The van der Waals surface area contributed by atoms with E-state index in [9.17, 15) is 18.0 Å². The molecule has 108 valence electrons. The minimum atomic E-state index is -4.48. The number of benzene rings is 1. The first-order valence-electron chi connectivity index (χ1n) is 5.57. The Morgan fingerprint density at radius 2 is 2.00 bits per heavy atom. The van der Waals surface area contributed by atoms with Crippen LogP contribution in [0.1, 0.15) is 18.9 Å². The molecular formula is C12H16ClF3N2O. The third-order valence-electron chi connectivity index (χ3n) is 2.15. The van der Waals surface area contributed by atoms with Crippen LogP contribution in [-0.4, -0.2) is 18.6 Å². The molecule has 1 aromatic rings. The molecule has 1 rings (SSSR count). The number of hydrogen-bond donors (Lipinski definition) is 2. The van der Waals surface area contributed by atoms with Gasteiger partial charge in [0, 0.05) is 12.2 Å². The Kier molecular flexibility index (Phi) is 7.48. The summed E-state index contributed by atoms with van der Waals surface area (Å²) in [6, 6.07) is 6.73. The summed E-state index contributed by atoms with van der Waals surface area (Å²) in [4.78, 5) is 11.1. The van der Waals surface area contributed by atoms with Crippen LogP contribution < -0.4 is 10.6 Å². The van der Waals surface area contributed by atoms with Crippen LogP contribution in [0.4, 0.5) is 18.9 Å². The van der Waals surface area contributed by atoms with Gasteiger partial charge in [-0.05, 0) is 24.2 Å². The highest BCUT2D eigenvalue weighted by Gasteiger charge is 2.31. The number of carbonyl (C=O) groups excluding carboxylic acids is 1. The maximum Gasteiger partial charge on any atom is 0.397 e. The first kappa shape index (κ1) is 17.7. The Morgan fingerprint density at radius 1 is 1.32 bits per heavy atom. The zero-order valence-corrected chi connectivity index (χ0v) is 11.2. The van der Waals surface area contributed by atoms with E-state index in [0.717, 1.165) is 12.1 Å². The molecule has 0 unspecified atom stereocenters. The Hall–Kier alpha value is -1.27. The third-order valence-corrected chi connectivity index (χ3v) is 2.15. The van der Waals surface area contributed by atoms with E-state index in [-0.39, 0.29) is 12.4 Å². The van der Waals surface area contributed by atoms with Crippen molar-refractivity contribution in [1.82, 2.24) is 5.32 Å². The van der Waals surface area contributed by atoms with Gasteiger partial charge in [0.2, 0.25) is 5.91 Å². The normalized spacial score (nSPS) is 10.7. The summed E-state index contributed by atoms with van der Waals surface area (Å²) >= 11 is 0. The summed E-state index contributed by atoms with van der Waals surface area (Å²) in [6.07, 6.45) is -5.95. The number of carbonyl (C=O) groups is 1. The summed E-state index contributed by atoms with van der Waals surface area (Å²) in [5.41, 5.74) is 1.28. The SMILES string of the molecule is CCNCc1cccc(NC(=O)CC(F)(F)F)c1.Cl. The fourth-order valence-electron chi connectivity index (χ4n) is 1.42. The molecule has 0 heterocycles. The number of nitrogens with one attached hydrogen (secondary N) is 2. The molecule has 19 heavy (non-hydrogen) atoms. The molecule has 0 fully saturated rings. The molecule has 1 amide bonds. The lowest BCUT2D eigenvalue weighted by atomic mass is 10.2. The van der Waals surface area contributed by atoms with Crippen molar-refractivity contribution < 1.29 is 18.0 Å². The molecule has 0 saturated heterocycles. The number of alkyl halides is 3. The lowest BCUT2D eigenvalue weighted by molar-refractivity contribution is -0.150. The van der Waals surface area contributed by atoms with Crippen molar-refractivity contribution in [3.63, 3.8) is 0 Å². The van der Waals surface area contributed by atoms with Gasteiger partial charge in [-0.15, -0.1) is 12.4 Å². The lowest BCUT2D eigenvalue weighted by Gasteiger charge is -2.09. The zero-order valence-electron chi connectivity index (χ0n) is 10.4. The zero-order chi connectivity index (χ0) is 13.6. The molecule has 0 spiro atoms. The van der Waals surface area contributed by atoms with Gasteiger partial charge in [0.15, 0.2) is 0 Å². The molecule has 0 aliphatic rings. The van der Waals surface area contributed by atoms with Crippen molar-refractivity contribution in [1.29, 1.82) is 0 Å². The molecule has 0 atom stereocenters. The van der Waals surface area contributed by atoms with Gasteiger partial charge in [0.05, 0.1) is 0 Å². The van der Waals surface area contributed by atoms with E-state index in [1.54, 1.807) is 18.2 Å². The Labute approximate surface area is 116 Å².